The van der Waals surface area contributed by atoms with Crippen molar-refractivity contribution in [2.45, 2.75) is 63.5 Å². The molecule has 0 radical (unpaired) electrons. The number of aromatic nitrogens is 2. The van der Waals surface area contributed by atoms with Gasteiger partial charge in [-0.3, -0.25) is 10.3 Å². The summed E-state index contributed by atoms with van der Waals surface area (Å²) >= 11 is 0. The number of hydrogen-bond donors (Lipinski definition) is 5. The number of hydrazine groups is 1. The van der Waals surface area contributed by atoms with Crippen molar-refractivity contribution in [3.05, 3.63) is 53.1 Å². The first-order valence-electron chi connectivity index (χ1n) is 12.6. The molecule has 1 saturated heterocycles. The van der Waals surface area contributed by atoms with Crippen LogP contribution in [-0.4, -0.2) is 57.4 Å². The summed E-state index contributed by atoms with van der Waals surface area (Å²) < 4.78 is 0. The molecule has 0 spiro atoms. The molecule has 33 heavy (non-hydrogen) atoms. The summed E-state index contributed by atoms with van der Waals surface area (Å²) in [5, 5.41) is 18.9. The maximum atomic E-state index is 9.87. The Balaban J connectivity index is 1.23. The number of imidazole rings is 1. The number of nitrogens with zero attached hydrogens (tertiary/aromatic N) is 2. The normalized spacial score (nSPS) is 28.0. The van der Waals surface area contributed by atoms with E-state index in [1.165, 1.54) is 23.1 Å². The first-order chi connectivity index (χ1) is 16.2. The van der Waals surface area contributed by atoms with Gasteiger partial charge in [0.25, 0.3) is 0 Å². The van der Waals surface area contributed by atoms with Gasteiger partial charge in [0.1, 0.15) is 11.6 Å². The van der Waals surface area contributed by atoms with Gasteiger partial charge in [0.05, 0.1) is 17.9 Å². The molecule has 5 rings (SSSR count). The van der Waals surface area contributed by atoms with Gasteiger partial charge in [0, 0.05) is 32.3 Å². The third kappa shape index (κ3) is 4.73. The summed E-state index contributed by atoms with van der Waals surface area (Å²) in [6.45, 7) is 5.36. The maximum absolute atomic E-state index is 9.87. The highest BCUT2D eigenvalue weighted by atomic mass is 16.3. The Morgan fingerprint density at radius 3 is 2.91 bits per heavy atom. The van der Waals surface area contributed by atoms with Crippen molar-refractivity contribution in [2.75, 3.05) is 26.2 Å². The quantitative estimate of drug-likeness (QED) is 0.444. The van der Waals surface area contributed by atoms with Crippen LogP contribution in [0.1, 0.15) is 73.6 Å². The molecule has 1 aromatic carbocycles. The lowest BCUT2D eigenvalue weighted by molar-refractivity contribution is 0.236. The summed E-state index contributed by atoms with van der Waals surface area (Å²) in [7, 11) is 0. The van der Waals surface area contributed by atoms with Gasteiger partial charge < -0.3 is 15.2 Å². The number of phenols is 1. The first kappa shape index (κ1) is 22.6. The topological polar surface area (TPSA) is 96.4 Å². The Morgan fingerprint density at radius 2 is 2.12 bits per heavy atom. The molecule has 4 unspecified atom stereocenters. The average Bonchev–Trinajstić information content (AvgIpc) is 3.49. The molecule has 1 saturated carbocycles. The van der Waals surface area contributed by atoms with Crippen molar-refractivity contribution >= 4 is 5.57 Å². The lowest BCUT2D eigenvalue weighted by Crippen LogP contribution is -2.35. The van der Waals surface area contributed by atoms with Crippen LogP contribution < -0.4 is 10.9 Å². The molecule has 5 N–H and O–H groups in total. The fourth-order valence-corrected chi connectivity index (χ4v) is 6.02. The van der Waals surface area contributed by atoms with Crippen molar-refractivity contribution in [1.29, 1.82) is 0 Å². The van der Waals surface area contributed by atoms with Crippen molar-refractivity contribution in [2.24, 2.45) is 5.92 Å². The highest BCUT2D eigenvalue weighted by Gasteiger charge is 2.42. The second-order valence-corrected chi connectivity index (χ2v) is 9.82. The number of hydrogen-bond acceptors (Lipinski definition) is 6. The molecule has 7 heteroatoms. The summed E-state index contributed by atoms with van der Waals surface area (Å²) in [4.78, 5) is 10.8. The number of aromatic hydroxyl groups is 1. The second-order valence-electron chi connectivity index (χ2n) is 9.82. The number of aromatic amines is 1. The minimum Gasteiger partial charge on any atom is -0.508 e. The fraction of sp³-hybridized carbons (Fsp3) is 0.577. The number of benzene rings is 1. The largest absolute Gasteiger partial charge is 0.508 e. The van der Waals surface area contributed by atoms with E-state index in [0.29, 0.717) is 23.6 Å². The monoisotopic (exact) mass is 451 g/mol. The molecule has 4 atom stereocenters. The zero-order chi connectivity index (χ0) is 22.8. The third-order valence-electron chi connectivity index (χ3n) is 7.87. The Labute approximate surface area is 196 Å². The number of aliphatic hydroxyl groups excluding tert-OH is 1. The van der Waals surface area contributed by atoms with Gasteiger partial charge in [-0.2, -0.15) is 0 Å². The van der Waals surface area contributed by atoms with Crippen LogP contribution in [0.15, 0.2) is 30.5 Å². The molecule has 178 valence electrons. The van der Waals surface area contributed by atoms with E-state index in [4.69, 9.17) is 10.1 Å². The fourth-order valence-electron chi connectivity index (χ4n) is 6.02. The molecule has 1 aromatic heterocycles. The number of aryl methyl sites for hydroxylation is 1. The Hall–Kier alpha value is -2.19. The number of phenolic OH excluding ortho intramolecular Hbond substituents is 1. The number of fused-ring (bicyclic) bond motifs is 1. The van der Waals surface area contributed by atoms with Gasteiger partial charge in [-0.05, 0) is 79.2 Å². The molecule has 2 aliphatic heterocycles. The lowest BCUT2D eigenvalue weighted by Gasteiger charge is -2.33. The molecular formula is C26H37N5O2. The highest BCUT2D eigenvalue weighted by Crippen LogP contribution is 2.44. The van der Waals surface area contributed by atoms with E-state index in [9.17, 15) is 5.11 Å². The molecule has 2 fully saturated rings. The molecule has 7 nitrogen and oxygen atoms in total. The second kappa shape index (κ2) is 9.97. The van der Waals surface area contributed by atoms with E-state index in [1.807, 2.05) is 18.3 Å². The van der Waals surface area contributed by atoms with E-state index >= 15 is 0 Å². The van der Waals surface area contributed by atoms with Gasteiger partial charge >= 0.3 is 0 Å². The van der Waals surface area contributed by atoms with Crippen molar-refractivity contribution in [3.8, 4) is 5.75 Å². The maximum Gasteiger partial charge on any atom is 0.125 e. The van der Waals surface area contributed by atoms with Gasteiger partial charge in [-0.25, -0.2) is 10.4 Å². The molecule has 3 aliphatic rings. The molecule has 0 bridgehead atoms. The van der Waals surface area contributed by atoms with Crippen LogP contribution in [0.25, 0.3) is 5.57 Å². The SMILES string of the molecule is CCc1cc(O)ccc1C1CCC2C(C1)NNC2c1ncc(C2=CCN(CCCO)CC2)[nH]1. The van der Waals surface area contributed by atoms with Crippen LogP contribution >= 0.6 is 0 Å². The number of nitrogens with one attached hydrogen (secondary N) is 3. The first-order valence-corrected chi connectivity index (χ1v) is 12.6. The minimum absolute atomic E-state index is 0.209. The zero-order valence-electron chi connectivity index (χ0n) is 19.6. The van der Waals surface area contributed by atoms with E-state index in [-0.39, 0.29) is 12.6 Å². The molecule has 2 aromatic rings. The molecule has 1 aliphatic carbocycles. The summed E-state index contributed by atoms with van der Waals surface area (Å²) in [6, 6.07) is 6.52. The van der Waals surface area contributed by atoms with Gasteiger partial charge in [0.2, 0.25) is 0 Å². The van der Waals surface area contributed by atoms with Crippen LogP contribution in [0.2, 0.25) is 0 Å². The Morgan fingerprint density at radius 1 is 1.21 bits per heavy atom. The van der Waals surface area contributed by atoms with Crippen LogP contribution in [0, 0.1) is 5.92 Å². The van der Waals surface area contributed by atoms with Gasteiger partial charge in [-0.1, -0.05) is 19.1 Å². The van der Waals surface area contributed by atoms with E-state index in [1.54, 1.807) is 0 Å². The van der Waals surface area contributed by atoms with Crippen molar-refractivity contribution in [3.63, 3.8) is 0 Å². The van der Waals surface area contributed by atoms with Crippen LogP contribution in [0.3, 0.4) is 0 Å². The van der Waals surface area contributed by atoms with Gasteiger partial charge in [-0.15, -0.1) is 0 Å². The average molecular weight is 452 g/mol. The summed E-state index contributed by atoms with van der Waals surface area (Å²) in [5.74, 6) is 2.45. The van der Waals surface area contributed by atoms with E-state index < -0.39 is 0 Å². The lowest BCUT2D eigenvalue weighted by atomic mass is 9.73. The molecular weight excluding hydrogens is 414 g/mol. The number of aliphatic hydroxyl groups is 1. The Bertz CT molecular complexity index is 987. The van der Waals surface area contributed by atoms with Crippen LogP contribution in [0.4, 0.5) is 0 Å². The number of H-pyrrole nitrogens is 1. The Kier molecular flexibility index (Phi) is 6.83. The predicted octanol–water partition coefficient (Wildman–Crippen LogP) is 3.25. The highest BCUT2D eigenvalue weighted by molar-refractivity contribution is 5.63. The third-order valence-corrected chi connectivity index (χ3v) is 7.87. The number of rotatable bonds is 7. The van der Waals surface area contributed by atoms with Gasteiger partial charge in [0.15, 0.2) is 0 Å². The van der Waals surface area contributed by atoms with Crippen LogP contribution in [0.5, 0.6) is 5.75 Å². The van der Waals surface area contributed by atoms with Crippen LogP contribution in [-0.2, 0) is 6.42 Å². The smallest absolute Gasteiger partial charge is 0.125 e. The van der Waals surface area contributed by atoms with E-state index in [0.717, 1.165) is 63.3 Å². The minimum atomic E-state index is 0.209. The van der Waals surface area contributed by atoms with Crippen molar-refractivity contribution in [1.82, 2.24) is 25.7 Å². The van der Waals surface area contributed by atoms with Crippen molar-refractivity contribution < 1.29 is 10.2 Å². The summed E-state index contributed by atoms with van der Waals surface area (Å²) in [6.07, 6.45) is 10.5. The van der Waals surface area contributed by atoms with E-state index in [2.05, 4.69) is 39.8 Å². The summed E-state index contributed by atoms with van der Waals surface area (Å²) in [5.41, 5.74) is 12.3. The standard InChI is InChI=1S/C26H37N5O2/c1-2-17-14-20(33)5-7-21(17)19-4-6-22-23(15-19)29-30-25(22)26-27-16-24(28-26)18-8-11-31(12-9-18)10-3-13-32/h5,7-8,14,16,19,22-23,25,29-30,32-33H,2-4,6,9-13,15H2,1H3,(H,27,28). The zero-order valence-corrected chi connectivity index (χ0v) is 19.6. The molecule has 3 heterocycles. The molecule has 0 amide bonds. The predicted molar refractivity (Wildman–Crippen MR) is 130 cm³/mol.